The van der Waals surface area contributed by atoms with E-state index in [0.717, 1.165) is 40.0 Å². The predicted octanol–water partition coefficient (Wildman–Crippen LogP) is 12.6. The van der Waals surface area contributed by atoms with Gasteiger partial charge in [-0.05, 0) is 116 Å². The monoisotopic (exact) mass is 789 g/mol. The number of ether oxygens (including phenoxy) is 1. The van der Waals surface area contributed by atoms with E-state index in [4.69, 9.17) is 26.2 Å². The third-order valence-electron chi connectivity index (χ3n) is 9.23. The minimum atomic E-state index is -1.00. The van der Waals surface area contributed by atoms with E-state index in [0.29, 0.717) is 26.9 Å². The largest absolute Gasteiger partial charge is 0.483 e. The normalized spacial score (nSPS) is 11.3. The molecule has 11 heteroatoms. The second-order valence-electron chi connectivity index (χ2n) is 13.9. The van der Waals surface area contributed by atoms with Crippen molar-refractivity contribution >= 4 is 45.5 Å². The number of hydrogen-bond donors (Lipinski definition) is 3. The lowest BCUT2D eigenvalue weighted by atomic mass is 10.0. The number of nitrogens with zero attached hydrogens (tertiary/aromatic N) is 1. The van der Waals surface area contributed by atoms with Gasteiger partial charge in [0.25, 0.3) is 11.6 Å². The van der Waals surface area contributed by atoms with E-state index in [1.54, 1.807) is 42.5 Å². The van der Waals surface area contributed by atoms with Crippen LogP contribution in [0, 0.1) is 35.7 Å². The first-order valence-corrected chi connectivity index (χ1v) is 20.8. The first-order chi connectivity index (χ1) is 26.4. The molecule has 1 atom stereocenters. The van der Waals surface area contributed by atoms with Crippen molar-refractivity contribution in [2.75, 3.05) is 11.9 Å². The van der Waals surface area contributed by atoms with Gasteiger partial charge in [-0.15, -0.1) is 0 Å². The summed E-state index contributed by atoms with van der Waals surface area (Å²) in [6, 6.07) is 22.4. The smallest absolute Gasteiger partial charge is 0.336 e. The third-order valence-corrected chi connectivity index (χ3v) is 11.0. The van der Waals surface area contributed by atoms with Gasteiger partial charge in [-0.3, -0.25) is 19.7 Å². The number of carbonyl (C=O) groups excluding carboxylic acids is 1. The fraction of sp³-hybridized carbons (Fsp3) is 0.409. The van der Waals surface area contributed by atoms with Gasteiger partial charge in [-0.1, -0.05) is 107 Å². The molecule has 0 aliphatic rings. The van der Waals surface area contributed by atoms with Crippen molar-refractivity contribution in [1.29, 1.82) is 4.78 Å². The molecule has 1 amide bonds. The Bertz CT molecular complexity index is 1840. The van der Waals surface area contributed by atoms with Gasteiger partial charge in [0, 0.05) is 32.6 Å². The third kappa shape index (κ3) is 16.0. The van der Waals surface area contributed by atoms with E-state index in [-0.39, 0.29) is 18.2 Å². The number of non-ortho nitro benzene ring substituents is 1. The quantitative estimate of drug-likeness (QED) is 0.0436. The van der Waals surface area contributed by atoms with Gasteiger partial charge < -0.3 is 15.2 Å². The standard InChI is InChI=1S/C34H44ClN3O4S.C10H12O2/c1-2-3-4-5-6-7-8-9-10-11-12-13-14-27-25-28(35)15-24-33(27)42-26-34(39)37-29-16-20-31(21-17-29)43(36)32-22-18-30(19-23-32)38(40)41;1-6-4-7(2)9(10(11)12)8(3)5-6/h15-25,36H,2-14,26H2,1H3,(H,37,39);4-5H,1-3H3,(H,11,12). The number of carboxylic acids is 1. The highest BCUT2D eigenvalue weighted by molar-refractivity contribution is 7.86. The SMILES string of the molecule is CCCCCCCCCCCCCCc1cc(Cl)ccc1OCC(=O)Nc1ccc(S(=N)c2ccc([N+](=O)[O-])cc2)cc1.Cc1cc(C)c(C(=O)O)c(C)c1. The molecule has 0 fully saturated rings. The van der Waals surface area contributed by atoms with Crippen LogP contribution in [0.2, 0.25) is 5.02 Å². The van der Waals surface area contributed by atoms with Crippen molar-refractivity contribution in [1.82, 2.24) is 0 Å². The van der Waals surface area contributed by atoms with Crippen molar-refractivity contribution < 1.29 is 24.4 Å². The van der Waals surface area contributed by atoms with Gasteiger partial charge >= 0.3 is 5.97 Å². The van der Waals surface area contributed by atoms with Crippen molar-refractivity contribution in [3.8, 4) is 5.75 Å². The van der Waals surface area contributed by atoms with Crippen LogP contribution in [0.25, 0.3) is 0 Å². The molecular weight excluding hydrogens is 734 g/mol. The van der Waals surface area contributed by atoms with Crippen molar-refractivity contribution in [2.24, 2.45) is 0 Å². The molecule has 9 nitrogen and oxygen atoms in total. The number of nitrogens with one attached hydrogen (secondary N) is 2. The molecule has 0 heterocycles. The minimum Gasteiger partial charge on any atom is -0.483 e. The number of benzene rings is 4. The number of nitro groups is 1. The van der Waals surface area contributed by atoms with Crippen LogP contribution in [0.5, 0.6) is 5.75 Å². The molecule has 0 bridgehead atoms. The molecule has 0 saturated carbocycles. The van der Waals surface area contributed by atoms with Crippen molar-refractivity contribution in [2.45, 2.75) is 121 Å². The highest BCUT2D eigenvalue weighted by Crippen LogP contribution is 2.26. The van der Waals surface area contributed by atoms with Gasteiger partial charge in [0.15, 0.2) is 6.61 Å². The Balaban J connectivity index is 0.000000574. The molecular formula is C44H56ClN3O6S. The summed E-state index contributed by atoms with van der Waals surface area (Å²) in [5.74, 6) is -0.441. The van der Waals surface area contributed by atoms with Crippen LogP contribution >= 0.6 is 11.6 Å². The molecule has 0 aliphatic carbocycles. The maximum absolute atomic E-state index is 12.6. The Morgan fingerprint density at radius 1 is 0.782 bits per heavy atom. The number of unbranched alkanes of at least 4 members (excludes halogenated alkanes) is 11. The van der Waals surface area contributed by atoms with E-state index in [1.165, 1.54) is 82.8 Å². The molecule has 0 radical (unpaired) electrons. The van der Waals surface area contributed by atoms with E-state index >= 15 is 0 Å². The van der Waals surface area contributed by atoms with Crippen LogP contribution in [0.15, 0.2) is 88.7 Å². The van der Waals surface area contributed by atoms with Crippen LogP contribution in [-0.4, -0.2) is 28.5 Å². The number of aromatic carboxylic acids is 1. The van der Waals surface area contributed by atoms with Crippen LogP contribution in [0.1, 0.15) is 117 Å². The molecule has 4 aromatic rings. The van der Waals surface area contributed by atoms with Crippen molar-refractivity contribution in [3.63, 3.8) is 0 Å². The van der Waals surface area contributed by atoms with Gasteiger partial charge in [0.1, 0.15) is 5.75 Å². The fourth-order valence-corrected chi connectivity index (χ4v) is 7.70. The molecule has 296 valence electrons. The zero-order chi connectivity index (χ0) is 40.2. The maximum atomic E-state index is 12.6. The molecule has 3 N–H and O–H groups in total. The van der Waals surface area contributed by atoms with E-state index < -0.39 is 21.6 Å². The summed E-state index contributed by atoms with van der Waals surface area (Å²) >= 11 is 6.26. The molecule has 0 saturated heterocycles. The number of hydrogen-bond acceptors (Lipinski definition) is 6. The van der Waals surface area contributed by atoms with Gasteiger partial charge in [-0.25, -0.2) is 4.79 Å². The van der Waals surface area contributed by atoms with E-state index in [2.05, 4.69) is 12.2 Å². The number of carbonyl (C=O) groups is 2. The second kappa shape index (κ2) is 24.1. The summed E-state index contributed by atoms with van der Waals surface area (Å²) in [5, 5.41) is 23.2. The lowest BCUT2D eigenvalue weighted by Crippen LogP contribution is -2.20. The van der Waals surface area contributed by atoms with Crippen LogP contribution < -0.4 is 10.1 Å². The zero-order valence-corrected chi connectivity index (χ0v) is 34.2. The molecule has 0 spiro atoms. The summed E-state index contributed by atoms with van der Waals surface area (Å²) in [7, 11) is -1.00. The van der Waals surface area contributed by atoms with E-state index in [9.17, 15) is 19.7 Å². The van der Waals surface area contributed by atoms with E-state index in [1.807, 2.05) is 45.0 Å². The lowest BCUT2D eigenvalue weighted by Gasteiger charge is -2.13. The summed E-state index contributed by atoms with van der Waals surface area (Å²) in [6.45, 7) is 7.74. The first kappa shape index (κ1) is 44.9. The maximum Gasteiger partial charge on any atom is 0.336 e. The summed E-state index contributed by atoms with van der Waals surface area (Å²) in [5.41, 5.74) is 4.82. The number of nitro benzene ring substituents is 1. The summed E-state index contributed by atoms with van der Waals surface area (Å²) in [6.07, 6.45) is 16.5. The Morgan fingerprint density at radius 2 is 1.29 bits per heavy atom. The molecule has 1 unspecified atom stereocenters. The second-order valence-corrected chi connectivity index (χ2v) is 15.9. The van der Waals surface area contributed by atoms with Gasteiger partial charge in [0.05, 0.1) is 10.5 Å². The summed E-state index contributed by atoms with van der Waals surface area (Å²) in [4.78, 5) is 35.2. The molecule has 0 aromatic heterocycles. The number of anilines is 1. The highest BCUT2D eigenvalue weighted by atomic mass is 35.5. The molecule has 4 rings (SSSR count). The average molecular weight is 790 g/mol. The molecule has 0 aliphatic heterocycles. The number of rotatable bonds is 21. The van der Waals surface area contributed by atoms with Crippen LogP contribution in [0.3, 0.4) is 0 Å². The van der Waals surface area contributed by atoms with Crippen LogP contribution in [-0.2, 0) is 21.9 Å². The first-order valence-electron chi connectivity index (χ1n) is 19.2. The van der Waals surface area contributed by atoms with Gasteiger partial charge in [-0.2, -0.15) is 0 Å². The molecule has 4 aromatic carbocycles. The average Bonchev–Trinajstić information content (AvgIpc) is 3.14. The fourth-order valence-electron chi connectivity index (χ4n) is 6.41. The number of halogens is 1. The highest BCUT2D eigenvalue weighted by Gasteiger charge is 2.12. The number of carboxylic acid groups (broad SMARTS) is 1. The Morgan fingerprint density at radius 3 is 1.80 bits per heavy atom. The van der Waals surface area contributed by atoms with Gasteiger partial charge in [0.2, 0.25) is 0 Å². The minimum absolute atomic E-state index is 0.00362. The molecule has 55 heavy (non-hydrogen) atoms. The van der Waals surface area contributed by atoms with Crippen molar-refractivity contribution in [3.05, 3.63) is 122 Å². The zero-order valence-electron chi connectivity index (χ0n) is 32.6. The van der Waals surface area contributed by atoms with Crippen LogP contribution in [0.4, 0.5) is 11.4 Å². The number of amides is 1. The lowest BCUT2D eigenvalue weighted by molar-refractivity contribution is -0.384. The number of aryl methyl sites for hydroxylation is 4. The Kier molecular flexibility index (Phi) is 19.6. The Labute approximate surface area is 333 Å². The topological polar surface area (TPSA) is 143 Å². The Hall–Kier alpha value is -4.54. The predicted molar refractivity (Wildman–Crippen MR) is 224 cm³/mol. The summed E-state index contributed by atoms with van der Waals surface area (Å²) < 4.78 is 14.4.